The van der Waals surface area contributed by atoms with Gasteiger partial charge in [-0.2, -0.15) is 0 Å². The molecule has 0 fully saturated rings. The first-order valence-corrected chi connectivity index (χ1v) is 7.75. The summed E-state index contributed by atoms with van der Waals surface area (Å²) in [5.74, 6) is 0. The minimum Gasteiger partial charge on any atom is -0.304 e. The van der Waals surface area contributed by atoms with Crippen LogP contribution in [-0.2, 0) is 0 Å². The van der Waals surface area contributed by atoms with Crippen molar-refractivity contribution in [2.24, 2.45) is 0 Å². The van der Waals surface area contributed by atoms with Gasteiger partial charge in [0.25, 0.3) is 0 Å². The molecule has 102 valence electrons. The standard InChI is InChI=1S/C16H20ClNS/c1-10-9-16(13(4)19-10)12(3)18-11(2)14-5-7-15(17)8-6-14/h5-9,11-12,18H,1-4H3/t11-,12?/m1/s1. The van der Waals surface area contributed by atoms with E-state index in [1.165, 1.54) is 20.9 Å². The van der Waals surface area contributed by atoms with Crippen LogP contribution < -0.4 is 5.32 Å². The Morgan fingerprint density at radius 1 is 1.05 bits per heavy atom. The van der Waals surface area contributed by atoms with Gasteiger partial charge in [-0.3, -0.25) is 0 Å². The maximum Gasteiger partial charge on any atom is 0.0406 e. The molecule has 19 heavy (non-hydrogen) atoms. The topological polar surface area (TPSA) is 12.0 Å². The summed E-state index contributed by atoms with van der Waals surface area (Å²) in [6.07, 6.45) is 0. The van der Waals surface area contributed by atoms with Crippen molar-refractivity contribution in [1.29, 1.82) is 0 Å². The Bertz CT molecular complexity index is 544. The number of benzene rings is 1. The zero-order valence-corrected chi connectivity index (χ0v) is 13.4. The lowest BCUT2D eigenvalue weighted by Gasteiger charge is -2.20. The van der Waals surface area contributed by atoms with Crippen molar-refractivity contribution in [2.45, 2.75) is 39.8 Å². The molecule has 0 saturated heterocycles. The van der Waals surface area contributed by atoms with Crippen molar-refractivity contribution in [3.05, 3.63) is 56.2 Å². The van der Waals surface area contributed by atoms with E-state index in [1.54, 1.807) is 0 Å². The van der Waals surface area contributed by atoms with Gasteiger partial charge < -0.3 is 5.32 Å². The maximum atomic E-state index is 5.92. The first-order chi connectivity index (χ1) is 8.97. The minimum absolute atomic E-state index is 0.312. The fraction of sp³-hybridized carbons (Fsp3) is 0.375. The molecular weight excluding hydrogens is 274 g/mol. The summed E-state index contributed by atoms with van der Waals surface area (Å²) in [5, 5.41) is 4.44. The first-order valence-electron chi connectivity index (χ1n) is 6.56. The average molecular weight is 294 g/mol. The summed E-state index contributed by atoms with van der Waals surface area (Å²) in [6.45, 7) is 8.77. The van der Waals surface area contributed by atoms with Crippen LogP contribution in [0.25, 0.3) is 0 Å². The molecule has 0 bridgehead atoms. The molecule has 0 aliphatic carbocycles. The minimum atomic E-state index is 0.312. The fourth-order valence-corrected chi connectivity index (χ4v) is 3.54. The summed E-state index contributed by atoms with van der Waals surface area (Å²) in [7, 11) is 0. The van der Waals surface area contributed by atoms with Gasteiger partial charge in [-0.05, 0) is 57.0 Å². The Hall–Kier alpha value is -0.830. The van der Waals surface area contributed by atoms with Gasteiger partial charge in [-0.1, -0.05) is 23.7 Å². The number of hydrogen-bond donors (Lipinski definition) is 1. The Morgan fingerprint density at radius 2 is 1.68 bits per heavy atom. The van der Waals surface area contributed by atoms with Gasteiger partial charge in [0.2, 0.25) is 0 Å². The number of thiophene rings is 1. The van der Waals surface area contributed by atoms with E-state index < -0.39 is 0 Å². The number of nitrogens with one attached hydrogen (secondary N) is 1. The molecule has 0 radical (unpaired) electrons. The molecule has 2 rings (SSSR count). The van der Waals surface area contributed by atoms with Crippen LogP contribution in [0, 0.1) is 13.8 Å². The lowest BCUT2D eigenvalue weighted by atomic mass is 10.0. The van der Waals surface area contributed by atoms with E-state index in [-0.39, 0.29) is 0 Å². The second-order valence-corrected chi connectivity index (χ2v) is 6.93. The molecule has 0 amide bonds. The largest absolute Gasteiger partial charge is 0.304 e. The van der Waals surface area contributed by atoms with Crippen molar-refractivity contribution in [2.75, 3.05) is 0 Å². The Morgan fingerprint density at radius 3 is 2.21 bits per heavy atom. The lowest BCUT2D eigenvalue weighted by Crippen LogP contribution is -2.22. The monoisotopic (exact) mass is 293 g/mol. The van der Waals surface area contributed by atoms with E-state index in [4.69, 9.17) is 11.6 Å². The zero-order chi connectivity index (χ0) is 14.0. The molecule has 2 atom stereocenters. The normalized spacial score (nSPS) is 14.4. The highest BCUT2D eigenvalue weighted by atomic mass is 35.5. The van der Waals surface area contributed by atoms with E-state index in [2.05, 4.69) is 51.2 Å². The predicted molar refractivity (Wildman–Crippen MR) is 85.2 cm³/mol. The molecule has 0 aliphatic heterocycles. The van der Waals surface area contributed by atoms with E-state index in [0.29, 0.717) is 12.1 Å². The first kappa shape index (κ1) is 14.6. The number of halogens is 1. The maximum absolute atomic E-state index is 5.92. The van der Waals surface area contributed by atoms with Crippen LogP contribution in [0.15, 0.2) is 30.3 Å². The Labute approximate surface area is 124 Å². The van der Waals surface area contributed by atoms with Crippen molar-refractivity contribution in [3.8, 4) is 0 Å². The average Bonchev–Trinajstić information content (AvgIpc) is 2.69. The third-order valence-corrected chi connectivity index (χ3v) is 4.65. The molecule has 1 aromatic carbocycles. The van der Waals surface area contributed by atoms with Gasteiger partial charge >= 0.3 is 0 Å². The smallest absolute Gasteiger partial charge is 0.0406 e. The van der Waals surface area contributed by atoms with E-state index in [9.17, 15) is 0 Å². The summed E-state index contributed by atoms with van der Waals surface area (Å²) >= 11 is 7.79. The molecule has 1 nitrogen and oxygen atoms in total. The van der Waals surface area contributed by atoms with Crippen molar-refractivity contribution < 1.29 is 0 Å². The molecule has 0 saturated carbocycles. The van der Waals surface area contributed by atoms with Gasteiger partial charge in [0.1, 0.15) is 0 Å². The van der Waals surface area contributed by atoms with E-state index in [1.807, 2.05) is 23.5 Å². The molecule has 0 spiro atoms. The summed E-state index contributed by atoms with van der Waals surface area (Å²) < 4.78 is 0. The molecule has 0 aliphatic rings. The number of aryl methyl sites for hydroxylation is 2. The van der Waals surface area contributed by atoms with E-state index >= 15 is 0 Å². The van der Waals surface area contributed by atoms with Crippen LogP contribution in [0.3, 0.4) is 0 Å². The SMILES string of the molecule is Cc1cc(C(C)N[C@H](C)c2ccc(Cl)cc2)c(C)s1. The Kier molecular flexibility index (Phi) is 4.67. The second kappa shape index (κ2) is 6.08. The summed E-state index contributed by atoms with van der Waals surface area (Å²) in [4.78, 5) is 2.78. The molecule has 3 heteroatoms. The number of rotatable bonds is 4. The highest BCUT2D eigenvalue weighted by Crippen LogP contribution is 2.28. The number of hydrogen-bond acceptors (Lipinski definition) is 2. The van der Waals surface area contributed by atoms with Gasteiger partial charge in [0.15, 0.2) is 0 Å². The highest BCUT2D eigenvalue weighted by molar-refractivity contribution is 7.12. The lowest BCUT2D eigenvalue weighted by molar-refractivity contribution is 0.494. The van der Waals surface area contributed by atoms with Crippen molar-refractivity contribution >= 4 is 22.9 Å². The van der Waals surface area contributed by atoms with Crippen LogP contribution in [0.4, 0.5) is 0 Å². The molecule has 1 heterocycles. The van der Waals surface area contributed by atoms with Crippen molar-refractivity contribution in [1.82, 2.24) is 5.32 Å². The van der Waals surface area contributed by atoms with Crippen LogP contribution >= 0.6 is 22.9 Å². The van der Waals surface area contributed by atoms with Gasteiger partial charge in [0, 0.05) is 26.9 Å². The third-order valence-electron chi connectivity index (χ3n) is 3.42. The molecular formula is C16H20ClNS. The third kappa shape index (κ3) is 3.59. The molecule has 1 unspecified atom stereocenters. The Balaban J connectivity index is 2.08. The van der Waals surface area contributed by atoms with Crippen LogP contribution in [0.1, 0.15) is 46.8 Å². The highest BCUT2D eigenvalue weighted by Gasteiger charge is 2.14. The second-order valence-electron chi connectivity index (χ2n) is 5.03. The quantitative estimate of drug-likeness (QED) is 0.792. The fourth-order valence-electron chi connectivity index (χ4n) is 2.39. The van der Waals surface area contributed by atoms with Gasteiger partial charge in [-0.15, -0.1) is 11.3 Å². The zero-order valence-electron chi connectivity index (χ0n) is 11.8. The molecule has 1 N–H and O–H groups in total. The van der Waals surface area contributed by atoms with Crippen LogP contribution in [0.5, 0.6) is 0 Å². The molecule has 2 aromatic rings. The predicted octanol–water partition coefficient (Wildman–Crippen LogP) is 5.43. The van der Waals surface area contributed by atoms with Crippen molar-refractivity contribution in [3.63, 3.8) is 0 Å². The summed E-state index contributed by atoms with van der Waals surface area (Å²) in [6, 6.07) is 11.0. The van der Waals surface area contributed by atoms with E-state index in [0.717, 1.165) is 5.02 Å². The summed E-state index contributed by atoms with van der Waals surface area (Å²) in [5.41, 5.74) is 2.67. The van der Waals surface area contributed by atoms with Crippen LogP contribution in [0.2, 0.25) is 5.02 Å². The molecule has 1 aromatic heterocycles. The van der Waals surface area contributed by atoms with Gasteiger partial charge in [-0.25, -0.2) is 0 Å². The van der Waals surface area contributed by atoms with Gasteiger partial charge in [0.05, 0.1) is 0 Å². The van der Waals surface area contributed by atoms with Crippen LogP contribution in [-0.4, -0.2) is 0 Å².